The van der Waals surface area contributed by atoms with Crippen molar-refractivity contribution in [3.05, 3.63) is 70.5 Å². The van der Waals surface area contributed by atoms with Crippen LogP contribution in [-0.4, -0.2) is 17.5 Å². The highest BCUT2D eigenvalue weighted by Crippen LogP contribution is 2.39. The number of rotatable bonds is 6. The Balaban J connectivity index is 2.07. The summed E-state index contributed by atoms with van der Waals surface area (Å²) in [6, 6.07) is 6.25. The van der Waals surface area contributed by atoms with Gasteiger partial charge >= 0.3 is 6.18 Å². The highest BCUT2D eigenvalue weighted by molar-refractivity contribution is 6.42. The van der Waals surface area contributed by atoms with Crippen molar-refractivity contribution in [1.29, 1.82) is 5.41 Å². The lowest BCUT2D eigenvalue weighted by Gasteiger charge is -2.19. The minimum absolute atomic E-state index is 0.0847. The molecule has 0 aliphatic carbocycles. The van der Waals surface area contributed by atoms with Crippen LogP contribution in [0.1, 0.15) is 24.1 Å². The third-order valence-corrected chi connectivity index (χ3v) is 4.44. The molecular formula is C20H17ClF4N4O2. The second kappa shape index (κ2) is 9.61. The zero-order chi connectivity index (χ0) is 23.3. The Morgan fingerprint density at radius 3 is 2.45 bits per heavy atom. The van der Waals surface area contributed by atoms with Crippen LogP contribution in [0.2, 0.25) is 5.02 Å². The lowest BCUT2D eigenvalue weighted by molar-refractivity contribution is -0.137. The first-order valence-corrected chi connectivity index (χ1v) is 9.07. The molecule has 0 aromatic heterocycles. The molecule has 0 spiro atoms. The van der Waals surface area contributed by atoms with E-state index in [4.69, 9.17) is 22.7 Å². The van der Waals surface area contributed by atoms with E-state index in [0.29, 0.717) is 6.07 Å². The van der Waals surface area contributed by atoms with Crippen molar-refractivity contribution in [1.82, 2.24) is 5.32 Å². The number of nitrogens with two attached hydrogens (primary N) is 1. The van der Waals surface area contributed by atoms with Gasteiger partial charge in [0.2, 0.25) is 5.91 Å². The maximum absolute atomic E-state index is 13.5. The van der Waals surface area contributed by atoms with Crippen LogP contribution in [0.25, 0.3) is 0 Å². The lowest BCUT2D eigenvalue weighted by Crippen LogP contribution is -2.32. The van der Waals surface area contributed by atoms with Gasteiger partial charge in [0.25, 0.3) is 5.91 Å². The average Bonchev–Trinajstić information content (AvgIpc) is 2.68. The molecule has 1 atom stereocenters. The van der Waals surface area contributed by atoms with Crippen LogP contribution in [0.15, 0.2) is 48.6 Å². The van der Waals surface area contributed by atoms with Gasteiger partial charge in [0.15, 0.2) is 0 Å². The zero-order valence-electron chi connectivity index (χ0n) is 16.0. The van der Waals surface area contributed by atoms with Crippen LogP contribution in [-0.2, 0) is 15.8 Å². The van der Waals surface area contributed by atoms with Gasteiger partial charge in [-0.05, 0) is 42.8 Å². The van der Waals surface area contributed by atoms with Gasteiger partial charge in [0.1, 0.15) is 11.5 Å². The smallest absolute Gasteiger partial charge is 0.399 e. The predicted molar refractivity (Wildman–Crippen MR) is 109 cm³/mol. The summed E-state index contributed by atoms with van der Waals surface area (Å²) in [7, 11) is 0. The first-order chi connectivity index (χ1) is 14.4. The maximum Gasteiger partial charge on any atom is 0.417 e. The maximum atomic E-state index is 13.5. The molecule has 2 aromatic carbocycles. The largest absolute Gasteiger partial charge is 0.417 e. The molecule has 1 unspecified atom stereocenters. The van der Waals surface area contributed by atoms with Crippen molar-refractivity contribution in [2.75, 3.05) is 11.1 Å². The highest BCUT2D eigenvalue weighted by atomic mass is 35.5. The van der Waals surface area contributed by atoms with Gasteiger partial charge < -0.3 is 16.4 Å². The van der Waals surface area contributed by atoms with Gasteiger partial charge in [-0.3, -0.25) is 15.0 Å². The number of nitrogen functional groups attached to an aromatic ring is 1. The van der Waals surface area contributed by atoms with Gasteiger partial charge in [-0.15, -0.1) is 0 Å². The molecule has 0 aliphatic rings. The van der Waals surface area contributed by atoms with E-state index >= 15 is 0 Å². The van der Waals surface area contributed by atoms with Crippen LogP contribution in [0.4, 0.5) is 28.9 Å². The first-order valence-electron chi connectivity index (χ1n) is 8.69. The Labute approximate surface area is 179 Å². The Bertz CT molecular complexity index is 1050. The zero-order valence-corrected chi connectivity index (χ0v) is 16.7. The molecule has 11 heteroatoms. The van der Waals surface area contributed by atoms with E-state index in [2.05, 4.69) is 10.6 Å². The van der Waals surface area contributed by atoms with Gasteiger partial charge in [0, 0.05) is 11.8 Å². The van der Waals surface area contributed by atoms with Gasteiger partial charge in [-0.25, -0.2) is 4.39 Å². The molecule has 0 bridgehead atoms. The van der Waals surface area contributed by atoms with Gasteiger partial charge in [0.05, 0.1) is 22.3 Å². The number of alkyl halides is 3. The van der Waals surface area contributed by atoms with Crippen molar-refractivity contribution in [3.63, 3.8) is 0 Å². The van der Waals surface area contributed by atoms with Gasteiger partial charge in [-0.2, -0.15) is 13.2 Å². The molecule has 0 fully saturated rings. The average molecular weight is 457 g/mol. The van der Waals surface area contributed by atoms with E-state index in [1.807, 2.05) is 0 Å². The molecule has 0 saturated heterocycles. The number of anilines is 2. The fourth-order valence-electron chi connectivity index (χ4n) is 2.52. The Kier molecular flexibility index (Phi) is 7.40. The number of benzene rings is 2. The number of halogens is 5. The van der Waals surface area contributed by atoms with Crippen molar-refractivity contribution in [2.24, 2.45) is 0 Å². The van der Waals surface area contributed by atoms with Crippen LogP contribution in [0.5, 0.6) is 0 Å². The third kappa shape index (κ3) is 6.29. The molecule has 2 aromatic rings. The molecule has 6 nitrogen and oxygen atoms in total. The molecular weight excluding hydrogens is 440 g/mol. The van der Waals surface area contributed by atoms with Crippen molar-refractivity contribution < 1.29 is 27.2 Å². The second-order valence-corrected chi connectivity index (χ2v) is 6.76. The number of para-hydroxylation sites is 1. The number of carbonyl (C=O) groups is 2. The van der Waals surface area contributed by atoms with E-state index in [1.165, 1.54) is 31.2 Å². The minimum Gasteiger partial charge on any atom is -0.399 e. The van der Waals surface area contributed by atoms with Crippen LogP contribution in [0, 0.1) is 11.2 Å². The predicted octanol–water partition coefficient (Wildman–Crippen LogP) is 4.47. The summed E-state index contributed by atoms with van der Waals surface area (Å²) in [4.78, 5) is 24.0. The van der Waals surface area contributed by atoms with E-state index in [-0.39, 0.29) is 16.9 Å². The van der Waals surface area contributed by atoms with Gasteiger partial charge in [-0.1, -0.05) is 23.7 Å². The fourth-order valence-corrected chi connectivity index (χ4v) is 2.90. The van der Waals surface area contributed by atoms with Crippen LogP contribution >= 0.6 is 11.6 Å². The lowest BCUT2D eigenvalue weighted by atomic mass is 10.0. The molecule has 2 rings (SSSR count). The summed E-state index contributed by atoms with van der Waals surface area (Å²) in [5.41, 5.74) is 3.33. The van der Waals surface area contributed by atoms with E-state index < -0.39 is 46.1 Å². The Hall–Kier alpha value is -3.40. The topological polar surface area (TPSA) is 108 Å². The second-order valence-electron chi connectivity index (χ2n) is 6.38. The fraction of sp³-hybridized carbons (Fsp3) is 0.150. The summed E-state index contributed by atoms with van der Waals surface area (Å²) in [5.74, 6) is -2.43. The Morgan fingerprint density at radius 2 is 1.84 bits per heavy atom. The monoisotopic (exact) mass is 456 g/mol. The van der Waals surface area contributed by atoms with Crippen LogP contribution < -0.4 is 16.4 Å². The number of carbonyl (C=O) groups excluding carboxylic acids is 2. The Morgan fingerprint density at radius 1 is 1.19 bits per heavy atom. The van der Waals surface area contributed by atoms with Crippen LogP contribution in [0.3, 0.4) is 0 Å². The molecule has 31 heavy (non-hydrogen) atoms. The molecule has 0 aliphatic heterocycles. The standard InChI is InChI=1S/C20H17ClF4N4O2/c1-10(12-8-11(26)9-13(18(12)21)20(23,24)25)28-19(31)15(27)6-7-17(30)29-16-5-3-2-4-14(16)22/h2-10,27H,26H2,1H3,(H,28,31)(H,29,30)/b7-6-,27-15?. The summed E-state index contributed by atoms with van der Waals surface area (Å²) in [6.07, 6.45) is -3.04. The molecule has 5 N–H and O–H groups in total. The molecule has 0 radical (unpaired) electrons. The molecule has 164 valence electrons. The van der Waals surface area contributed by atoms with Crippen molar-refractivity contribution in [3.8, 4) is 0 Å². The SMILES string of the molecule is CC(NC(=O)C(=N)/C=C\C(=O)Nc1ccccc1F)c1cc(N)cc(C(F)(F)F)c1Cl. The van der Waals surface area contributed by atoms with E-state index in [0.717, 1.165) is 18.2 Å². The summed E-state index contributed by atoms with van der Waals surface area (Å²) in [6.45, 7) is 1.36. The molecule has 2 amide bonds. The number of nitrogens with one attached hydrogen (secondary N) is 3. The quantitative estimate of drug-likeness (QED) is 0.223. The first kappa shape index (κ1) is 23.9. The molecule has 0 heterocycles. The highest BCUT2D eigenvalue weighted by Gasteiger charge is 2.35. The minimum atomic E-state index is -4.74. The van der Waals surface area contributed by atoms with Crippen molar-refractivity contribution in [2.45, 2.75) is 19.1 Å². The number of amides is 2. The van der Waals surface area contributed by atoms with E-state index in [1.54, 1.807) is 0 Å². The number of hydrogen-bond donors (Lipinski definition) is 4. The summed E-state index contributed by atoms with van der Waals surface area (Å²) in [5, 5.41) is 11.6. The normalized spacial score (nSPS) is 12.5. The summed E-state index contributed by atoms with van der Waals surface area (Å²) < 4.78 is 52.8. The number of hydrogen-bond acceptors (Lipinski definition) is 4. The third-order valence-electron chi connectivity index (χ3n) is 4.02. The summed E-state index contributed by atoms with van der Waals surface area (Å²) >= 11 is 5.84. The molecule has 0 saturated carbocycles. The van der Waals surface area contributed by atoms with E-state index in [9.17, 15) is 27.2 Å². The van der Waals surface area contributed by atoms with Crippen molar-refractivity contribution >= 4 is 40.5 Å².